The number of carbonyl (C=O) groups is 1. The quantitative estimate of drug-likeness (QED) is 0.422. The van der Waals surface area contributed by atoms with E-state index in [-0.39, 0.29) is 5.56 Å². The van der Waals surface area contributed by atoms with E-state index in [1.807, 2.05) is 19.9 Å². The van der Waals surface area contributed by atoms with E-state index >= 15 is 0 Å². The van der Waals surface area contributed by atoms with Gasteiger partial charge in [-0.2, -0.15) is 13.2 Å². The fourth-order valence-electron chi connectivity index (χ4n) is 3.40. The van der Waals surface area contributed by atoms with E-state index in [0.29, 0.717) is 51.9 Å². The van der Waals surface area contributed by atoms with Gasteiger partial charge in [0.2, 0.25) is 0 Å². The molecule has 3 aromatic heterocycles. The Balaban J connectivity index is 1.71. The largest absolute Gasteiger partial charge is 0.433 e. The summed E-state index contributed by atoms with van der Waals surface area (Å²) in [7, 11) is 0. The van der Waals surface area contributed by atoms with Gasteiger partial charge < -0.3 is 5.32 Å². The molecule has 0 bridgehead atoms. The van der Waals surface area contributed by atoms with Gasteiger partial charge in [-0.3, -0.25) is 9.78 Å². The minimum Gasteiger partial charge on any atom is -0.322 e. The number of hydrogen-bond donors (Lipinski definition) is 1. The van der Waals surface area contributed by atoms with Crippen molar-refractivity contribution in [3.8, 4) is 23.5 Å². The van der Waals surface area contributed by atoms with Crippen LogP contribution in [0, 0.1) is 19.3 Å². The molecule has 0 fully saturated rings. The van der Waals surface area contributed by atoms with Crippen molar-refractivity contribution in [2.75, 3.05) is 5.32 Å². The molecular weight excluding hydrogens is 443 g/mol. The van der Waals surface area contributed by atoms with E-state index in [2.05, 4.69) is 31.2 Å². The van der Waals surface area contributed by atoms with Crippen molar-refractivity contribution in [3.63, 3.8) is 0 Å². The number of hydrogen-bond acceptors (Lipinski definition) is 5. The number of rotatable bonds is 4. The molecule has 0 saturated carbocycles. The summed E-state index contributed by atoms with van der Waals surface area (Å²) in [6.45, 7) is 3.82. The van der Waals surface area contributed by atoms with E-state index in [0.717, 1.165) is 11.8 Å². The minimum absolute atomic E-state index is 0.162. The summed E-state index contributed by atoms with van der Waals surface area (Å²) >= 11 is 0. The van der Waals surface area contributed by atoms with Gasteiger partial charge in [0.1, 0.15) is 17.2 Å². The van der Waals surface area contributed by atoms with Crippen LogP contribution in [0.5, 0.6) is 0 Å². The van der Waals surface area contributed by atoms with Crippen molar-refractivity contribution >= 4 is 22.6 Å². The third-order valence-electron chi connectivity index (χ3n) is 5.17. The summed E-state index contributed by atoms with van der Waals surface area (Å²) < 4.78 is 38.8. The number of halogens is 3. The maximum Gasteiger partial charge on any atom is 0.433 e. The van der Waals surface area contributed by atoms with E-state index in [4.69, 9.17) is 6.42 Å². The van der Waals surface area contributed by atoms with Crippen LogP contribution in [0.3, 0.4) is 0 Å². The third kappa shape index (κ3) is 4.57. The first-order valence-electron chi connectivity index (χ1n) is 10.3. The summed E-state index contributed by atoms with van der Waals surface area (Å²) in [4.78, 5) is 29.1. The second-order valence-electron chi connectivity index (χ2n) is 7.49. The van der Waals surface area contributed by atoms with Crippen LogP contribution < -0.4 is 5.32 Å². The molecule has 0 atom stereocenters. The SMILES string of the molecule is C#Cc1nc2nc(CC)ncc2cc1-c1cc(NC(=O)c2ccnc(C(F)(F)F)c2)ccc1C. The molecule has 3 heterocycles. The Morgan fingerprint density at radius 1 is 1.09 bits per heavy atom. The number of pyridine rings is 2. The first-order valence-corrected chi connectivity index (χ1v) is 10.3. The molecule has 0 aliphatic heterocycles. The van der Waals surface area contributed by atoms with Gasteiger partial charge in [-0.15, -0.1) is 6.42 Å². The molecule has 34 heavy (non-hydrogen) atoms. The Labute approximate surface area is 193 Å². The highest BCUT2D eigenvalue weighted by atomic mass is 19.4. The first-order chi connectivity index (χ1) is 16.2. The average molecular weight is 461 g/mol. The number of terminal acetylenes is 1. The molecule has 4 rings (SSSR count). The van der Waals surface area contributed by atoms with Gasteiger partial charge in [-0.05, 0) is 54.3 Å². The van der Waals surface area contributed by atoms with Gasteiger partial charge in [0.05, 0.1) is 0 Å². The van der Waals surface area contributed by atoms with Crippen LogP contribution in [0.2, 0.25) is 0 Å². The van der Waals surface area contributed by atoms with Gasteiger partial charge in [0.25, 0.3) is 5.91 Å². The highest BCUT2D eigenvalue weighted by molar-refractivity contribution is 6.04. The maximum atomic E-state index is 12.9. The molecule has 0 aliphatic carbocycles. The Bertz CT molecular complexity index is 1460. The fraction of sp³-hybridized carbons (Fsp3) is 0.160. The monoisotopic (exact) mass is 461 g/mol. The van der Waals surface area contributed by atoms with Crippen LogP contribution >= 0.6 is 0 Å². The number of carbonyl (C=O) groups excluding carboxylic acids is 1. The molecular formula is C25H18F3N5O. The van der Waals surface area contributed by atoms with E-state index < -0.39 is 17.8 Å². The third-order valence-corrected chi connectivity index (χ3v) is 5.17. The predicted octanol–water partition coefficient (Wildman–Crippen LogP) is 5.21. The first kappa shape index (κ1) is 22.9. The van der Waals surface area contributed by atoms with Gasteiger partial charge in [0.15, 0.2) is 5.65 Å². The van der Waals surface area contributed by atoms with Crippen molar-refractivity contribution in [3.05, 3.63) is 77.1 Å². The number of alkyl halides is 3. The molecule has 0 spiro atoms. The van der Waals surface area contributed by atoms with Gasteiger partial charge in [0, 0.05) is 41.0 Å². The van der Waals surface area contributed by atoms with Crippen molar-refractivity contribution in [1.82, 2.24) is 19.9 Å². The smallest absolute Gasteiger partial charge is 0.322 e. The Morgan fingerprint density at radius 2 is 1.88 bits per heavy atom. The molecule has 6 nitrogen and oxygen atoms in total. The summed E-state index contributed by atoms with van der Waals surface area (Å²) in [6.07, 6.45) is 4.36. The molecule has 1 amide bonds. The molecule has 0 unspecified atom stereocenters. The molecule has 0 radical (unpaired) electrons. The maximum absolute atomic E-state index is 12.9. The lowest BCUT2D eigenvalue weighted by Crippen LogP contribution is -2.15. The van der Waals surface area contributed by atoms with Crippen LogP contribution in [0.25, 0.3) is 22.2 Å². The van der Waals surface area contributed by atoms with Gasteiger partial charge >= 0.3 is 6.18 Å². The van der Waals surface area contributed by atoms with Crippen molar-refractivity contribution in [2.45, 2.75) is 26.4 Å². The van der Waals surface area contributed by atoms with Crippen LogP contribution in [-0.2, 0) is 12.6 Å². The van der Waals surface area contributed by atoms with Crippen LogP contribution in [-0.4, -0.2) is 25.8 Å². The Hall–Kier alpha value is -4.32. The molecule has 1 N–H and O–H groups in total. The number of fused-ring (bicyclic) bond motifs is 1. The van der Waals surface area contributed by atoms with Gasteiger partial charge in [-0.25, -0.2) is 15.0 Å². The summed E-state index contributed by atoms with van der Waals surface area (Å²) in [6, 6.07) is 8.89. The Kier molecular flexibility index (Phi) is 5.99. The standard InChI is InChI=1S/C25H18F3N5O/c1-4-20-19(10-16-13-30-22(5-2)33-23(16)32-20)18-12-17(7-6-14(18)3)31-24(34)15-8-9-29-21(11-15)25(26,27)28/h1,6-13H,5H2,2-3H3,(H,31,34). The van der Waals surface area contributed by atoms with E-state index in [1.165, 1.54) is 6.07 Å². The van der Waals surface area contributed by atoms with Crippen molar-refractivity contribution in [2.24, 2.45) is 0 Å². The summed E-state index contributed by atoms with van der Waals surface area (Å²) in [5, 5.41) is 3.34. The molecule has 170 valence electrons. The number of nitrogens with one attached hydrogen (secondary N) is 1. The summed E-state index contributed by atoms with van der Waals surface area (Å²) in [5.74, 6) is 2.54. The topological polar surface area (TPSA) is 80.7 Å². The minimum atomic E-state index is -4.65. The number of amides is 1. The predicted molar refractivity (Wildman–Crippen MR) is 122 cm³/mol. The Morgan fingerprint density at radius 3 is 2.59 bits per heavy atom. The van der Waals surface area contributed by atoms with Crippen molar-refractivity contribution < 1.29 is 18.0 Å². The van der Waals surface area contributed by atoms with E-state index in [9.17, 15) is 18.0 Å². The van der Waals surface area contributed by atoms with E-state index in [1.54, 1.807) is 24.4 Å². The zero-order valence-electron chi connectivity index (χ0n) is 18.2. The van der Waals surface area contributed by atoms with Crippen LogP contribution in [0.1, 0.15) is 40.1 Å². The number of benzene rings is 1. The second kappa shape index (κ2) is 8.90. The highest BCUT2D eigenvalue weighted by Crippen LogP contribution is 2.31. The zero-order chi connectivity index (χ0) is 24.5. The number of aryl methyl sites for hydroxylation is 2. The molecule has 0 saturated heterocycles. The van der Waals surface area contributed by atoms with Crippen LogP contribution in [0.4, 0.5) is 18.9 Å². The number of anilines is 1. The molecule has 4 aromatic rings. The zero-order valence-corrected chi connectivity index (χ0v) is 18.2. The normalized spacial score (nSPS) is 11.3. The summed E-state index contributed by atoms with van der Waals surface area (Å²) in [5.41, 5.74) is 2.18. The number of nitrogens with zero attached hydrogens (tertiary/aromatic N) is 4. The molecule has 9 heteroatoms. The molecule has 1 aromatic carbocycles. The lowest BCUT2D eigenvalue weighted by Gasteiger charge is -2.13. The second-order valence-corrected chi connectivity index (χ2v) is 7.49. The highest BCUT2D eigenvalue weighted by Gasteiger charge is 2.33. The lowest BCUT2D eigenvalue weighted by atomic mass is 9.97. The van der Waals surface area contributed by atoms with Crippen molar-refractivity contribution in [1.29, 1.82) is 0 Å². The fourth-order valence-corrected chi connectivity index (χ4v) is 3.40. The van der Waals surface area contributed by atoms with Crippen LogP contribution in [0.15, 0.2) is 48.8 Å². The van der Waals surface area contributed by atoms with Gasteiger partial charge in [-0.1, -0.05) is 13.0 Å². The lowest BCUT2D eigenvalue weighted by molar-refractivity contribution is -0.141. The number of aromatic nitrogens is 4. The molecule has 0 aliphatic rings. The average Bonchev–Trinajstić information content (AvgIpc) is 2.83.